The van der Waals surface area contributed by atoms with Crippen molar-refractivity contribution in [2.75, 3.05) is 36.4 Å². The Labute approximate surface area is 128 Å². The topological polar surface area (TPSA) is 71.2 Å². The van der Waals surface area contributed by atoms with Crippen molar-refractivity contribution < 1.29 is 4.79 Å². The monoisotopic (exact) mass is 314 g/mol. The fourth-order valence-electron chi connectivity index (χ4n) is 2.13. The summed E-state index contributed by atoms with van der Waals surface area (Å²) in [5.74, 6) is 1.32. The van der Waals surface area contributed by atoms with Crippen molar-refractivity contribution in [3.63, 3.8) is 0 Å². The van der Waals surface area contributed by atoms with E-state index in [1.807, 2.05) is 16.7 Å². The molecule has 7 heteroatoms. The third kappa shape index (κ3) is 3.58. The summed E-state index contributed by atoms with van der Waals surface area (Å²) >= 11 is 3.26. The normalized spacial score (nSPS) is 18.1. The largest absolute Gasteiger partial charge is 0.382 e. The van der Waals surface area contributed by atoms with Gasteiger partial charge in [-0.3, -0.25) is 4.79 Å². The highest BCUT2D eigenvalue weighted by Crippen LogP contribution is 2.32. The molecular formula is C13H22N4OS2. The van der Waals surface area contributed by atoms with Crippen molar-refractivity contribution in [3.8, 4) is 0 Å². The van der Waals surface area contributed by atoms with Crippen molar-refractivity contribution >= 4 is 40.0 Å². The summed E-state index contributed by atoms with van der Waals surface area (Å²) in [6.45, 7) is 8.80. The lowest BCUT2D eigenvalue weighted by molar-refractivity contribution is 0.0753. The molecule has 1 aromatic rings. The van der Waals surface area contributed by atoms with Gasteiger partial charge in [-0.15, -0.1) is 0 Å². The summed E-state index contributed by atoms with van der Waals surface area (Å²) in [6, 6.07) is 0. The van der Waals surface area contributed by atoms with E-state index < -0.39 is 0 Å². The summed E-state index contributed by atoms with van der Waals surface area (Å²) in [5, 5.41) is 3.92. The van der Waals surface area contributed by atoms with Crippen LogP contribution in [-0.2, 0) is 0 Å². The van der Waals surface area contributed by atoms with Gasteiger partial charge >= 0.3 is 0 Å². The first-order chi connectivity index (χ1) is 9.43. The highest BCUT2D eigenvalue weighted by Gasteiger charge is 2.32. The number of nitrogens with one attached hydrogen (secondary N) is 1. The lowest BCUT2D eigenvalue weighted by atomic mass is 10.2. The average Bonchev–Trinajstić information content (AvgIpc) is 2.75. The van der Waals surface area contributed by atoms with Crippen molar-refractivity contribution in [1.82, 2.24) is 9.88 Å². The molecule has 0 saturated carbocycles. The number of amides is 1. The minimum absolute atomic E-state index is 0.0120. The maximum Gasteiger partial charge on any atom is 0.267 e. The minimum Gasteiger partial charge on any atom is -0.382 e. The molecule has 3 N–H and O–H groups in total. The number of carbonyl (C=O) groups is 1. The predicted octanol–water partition coefficient (Wildman–Crippen LogP) is 2.51. The molecule has 5 nitrogen and oxygen atoms in total. The number of nitrogens with zero attached hydrogens (tertiary/aromatic N) is 2. The van der Waals surface area contributed by atoms with Crippen LogP contribution in [0.5, 0.6) is 0 Å². The maximum atomic E-state index is 12.6. The smallest absolute Gasteiger partial charge is 0.267 e. The van der Waals surface area contributed by atoms with Crippen LogP contribution in [0.1, 0.15) is 36.9 Å². The Bertz CT molecular complexity index is 487. The van der Waals surface area contributed by atoms with E-state index in [1.54, 1.807) is 0 Å². The van der Waals surface area contributed by atoms with Crippen LogP contribution in [0.4, 0.5) is 10.9 Å². The first-order valence-corrected chi connectivity index (χ1v) is 8.66. The molecule has 112 valence electrons. The van der Waals surface area contributed by atoms with Crippen LogP contribution in [0.25, 0.3) is 0 Å². The van der Waals surface area contributed by atoms with E-state index in [0.717, 1.165) is 36.9 Å². The molecule has 1 aliphatic heterocycles. The Kier molecular flexibility index (Phi) is 4.80. The van der Waals surface area contributed by atoms with Gasteiger partial charge in [-0.1, -0.05) is 18.3 Å². The molecule has 0 spiro atoms. The number of thioether (sulfide) groups is 1. The molecular weight excluding hydrogens is 292 g/mol. The molecule has 1 aromatic heterocycles. The summed E-state index contributed by atoms with van der Waals surface area (Å²) in [5.41, 5.74) is 5.89. The summed E-state index contributed by atoms with van der Waals surface area (Å²) in [4.78, 5) is 19.3. The van der Waals surface area contributed by atoms with Crippen LogP contribution in [-0.4, -0.2) is 45.9 Å². The van der Waals surface area contributed by atoms with Crippen LogP contribution in [0.2, 0.25) is 0 Å². The quantitative estimate of drug-likeness (QED) is 0.893. The van der Waals surface area contributed by atoms with Gasteiger partial charge in [0.1, 0.15) is 10.7 Å². The van der Waals surface area contributed by atoms with Gasteiger partial charge in [0.15, 0.2) is 5.13 Å². The maximum absolute atomic E-state index is 12.6. The lowest BCUT2D eigenvalue weighted by Crippen LogP contribution is -2.46. The molecule has 0 radical (unpaired) electrons. The molecule has 0 aliphatic carbocycles. The van der Waals surface area contributed by atoms with Crippen molar-refractivity contribution in [2.24, 2.45) is 0 Å². The van der Waals surface area contributed by atoms with E-state index >= 15 is 0 Å². The first kappa shape index (κ1) is 15.4. The summed E-state index contributed by atoms with van der Waals surface area (Å²) < 4.78 is 0.108. The molecule has 1 aliphatic rings. The summed E-state index contributed by atoms with van der Waals surface area (Å²) in [7, 11) is 0. The second-order valence-corrected chi connectivity index (χ2v) is 8.30. The Morgan fingerprint density at radius 1 is 1.55 bits per heavy atom. The van der Waals surface area contributed by atoms with Crippen LogP contribution >= 0.6 is 23.1 Å². The molecule has 2 rings (SSSR count). The molecule has 1 saturated heterocycles. The lowest BCUT2D eigenvalue weighted by Gasteiger charge is -2.37. The first-order valence-electron chi connectivity index (χ1n) is 6.86. The van der Waals surface area contributed by atoms with E-state index in [1.165, 1.54) is 11.3 Å². The zero-order valence-electron chi connectivity index (χ0n) is 12.2. The number of carbonyl (C=O) groups excluding carboxylic acids is 1. The minimum atomic E-state index is 0.0120. The number of nitrogens with two attached hydrogens (primary N) is 1. The highest BCUT2D eigenvalue weighted by molar-refractivity contribution is 8.00. The van der Waals surface area contributed by atoms with E-state index in [-0.39, 0.29) is 10.7 Å². The number of anilines is 2. The molecule has 0 atom stereocenters. The van der Waals surface area contributed by atoms with Gasteiger partial charge in [0.25, 0.3) is 5.91 Å². The summed E-state index contributed by atoms with van der Waals surface area (Å²) in [6.07, 6.45) is 1.01. The van der Waals surface area contributed by atoms with Crippen LogP contribution < -0.4 is 11.1 Å². The van der Waals surface area contributed by atoms with Crippen LogP contribution in [0.15, 0.2) is 0 Å². The molecule has 20 heavy (non-hydrogen) atoms. The Morgan fingerprint density at radius 3 is 2.95 bits per heavy atom. The SMILES string of the molecule is CCCNc1nc(N)c(C(=O)N2CCSC(C)(C)C2)s1. The van der Waals surface area contributed by atoms with E-state index in [0.29, 0.717) is 10.7 Å². The Hall–Kier alpha value is -0.950. The zero-order valence-corrected chi connectivity index (χ0v) is 13.9. The van der Waals surface area contributed by atoms with Gasteiger partial charge in [-0.2, -0.15) is 11.8 Å². The van der Waals surface area contributed by atoms with Gasteiger partial charge in [0.05, 0.1) is 0 Å². The molecule has 1 fully saturated rings. The predicted molar refractivity (Wildman–Crippen MR) is 87.7 cm³/mol. The number of hydrogen-bond acceptors (Lipinski definition) is 6. The van der Waals surface area contributed by atoms with Crippen molar-refractivity contribution in [1.29, 1.82) is 0 Å². The molecule has 0 bridgehead atoms. The Morgan fingerprint density at radius 2 is 2.30 bits per heavy atom. The molecule has 1 amide bonds. The number of aromatic nitrogens is 1. The van der Waals surface area contributed by atoms with Gasteiger partial charge in [0.2, 0.25) is 0 Å². The molecule has 0 unspecified atom stereocenters. The van der Waals surface area contributed by atoms with Crippen LogP contribution in [0.3, 0.4) is 0 Å². The van der Waals surface area contributed by atoms with E-state index in [9.17, 15) is 4.79 Å². The number of rotatable bonds is 4. The number of thiazole rings is 1. The third-order valence-corrected chi connectivity index (χ3v) is 5.40. The van der Waals surface area contributed by atoms with Gasteiger partial charge in [-0.05, 0) is 20.3 Å². The number of nitrogen functional groups attached to an aromatic ring is 1. The van der Waals surface area contributed by atoms with Gasteiger partial charge in [0, 0.05) is 30.1 Å². The fraction of sp³-hybridized carbons (Fsp3) is 0.692. The molecule has 2 heterocycles. The standard InChI is InChI=1S/C13H22N4OS2/c1-4-5-15-12-16-10(14)9(20-12)11(18)17-6-7-19-13(2,3)8-17/h4-8,14H2,1-3H3,(H,15,16). The van der Waals surface area contributed by atoms with E-state index in [4.69, 9.17) is 5.73 Å². The average molecular weight is 314 g/mol. The zero-order chi connectivity index (χ0) is 14.8. The van der Waals surface area contributed by atoms with E-state index in [2.05, 4.69) is 31.1 Å². The second kappa shape index (κ2) is 6.22. The van der Waals surface area contributed by atoms with Gasteiger partial charge in [-0.25, -0.2) is 4.98 Å². The van der Waals surface area contributed by atoms with Crippen molar-refractivity contribution in [3.05, 3.63) is 4.88 Å². The molecule has 0 aromatic carbocycles. The third-order valence-electron chi connectivity index (χ3n) is 3.09. The van der Waals surface area contributed by atoms with Crippen LogP contribution in [0, 0.1) is 0 Å². The second-order valence-electron chi connectivity index (χ2n) is 5.50. The highest BCUT2D eigenvalue weighted by atomic mass is 32.2. The fourth-order valence-corrected chi connectivity index (χ4v) is 4.12. The van der Waals surface area contributed by atoms with Gasteiger partial charge < -0.3 is 16.0 Å². The Balaban J connectivity index is 2.10. The van der Waals surface area contributed by atoms with Crippen molar-refractivity contribution in [2.45, 2.75) is 31.9 Å². The number of hydrogen-bond donors (Lipinski definition) is 2.